The number of halogens is 1. The monoisotopic (exact) mass is 408 g/mol. The summed E-state index contributed by atoms with van der Waals surface area (Å²) in [6, 6.07) is 1.77. The molecule has 2 aliphatic carbocycles. The number of alkyl halides is 1. The standard InChI is InChI=1S/C21H25ClO6/c1-20-6-4-12-19(25)28-15(11-5-7-27-10-11)9-21(12,2)17(20)16(23)14(22)8-13(20)18(24)26-3/h5,7,10,12-15,17H,4,6,8-9H2,1-3H3/t12-,13-,14+,15-,17-,20-,21-/m0/s1. The Hall–Kier alpha value is -1.82. The number of ketones is 1. The first-order valence-corrected chi connectivity index (χ1v) is 10.1. The highest BCUT2D eigenvalue weighted by atomic mass is 35.5. The van der Waals surface area contributed by atoms with E-state index in [4.69, 9.17) is 25.5 Å². The van der Waals surface area contributed by atoms with Crippen LogP contribution in [0.25, 0.3) is 0 Å². The summed E-state index contributed by atoms with van der Waals surface area (Å²) < 4.78 is 15.9. The summed E-state index contributed by atoms with van der Waals surface area (Å²) in [4.78, 5) is 38.8. The molecule has 4 rings (SSSR count). The lowest BCUT2D eigenvalue weighted by Gasteiger charge is -2.60. The van der Waals surface area contributed by atoms with E-state index in [9.17, 15) is 14.4 Å². The topological polar surface area (TPSA) is 82.8 Å². The number of hydrogen-bond donors (Lipinski definition) is 0. The molecule has 1 saturated heterocycles. The Morgan fingerprint density at radius 3 is 2.68 bits per heavy atom. The summed E-state index contributed by atoms with van der Waals surface area (Å²) in [6.07, 6.45) is 4.55. The molecule has 6 nitrogen and oxygen atoms in total. The summed E-state index contributed by atoms with van der Waals surface area (Å²) in [5, 5.41) is -0.761. The van der Waals surface area contributed by atoms with Crippen molar-refractivity contribution in [3.05, 3.63) is 24.2 Å². The molecule has 152 valence electrons. The lowest BCUT2D eigenvalue weighted by molar-refractivity contribution is -0.202. The van der Waals surface area contributed by atoms with E-state index in [2.05, 4.69) is 0 Å². The van der Waals surface area contributed by atoms with Crippen molar-refractivity contribution < 1.29 is 28.3 Å². The van der Waals surface area contributed by atoms with Crippen LogP contribution in [-0.4, -0.2) is 30.2 Å². The van der Waals surface area contributed by atoms with Gasteiger partial charge in [0.05, 0.1) is 36.8 Å². The molecule has 0 aromatic carbocycles. The minimum absolute atomic E-state index is 0.0721. The number of cyclic esters (lactones) is 1. The fraction of sp³-hybridized carbons (Fsp3) is 0.667. The Kier molecular flexibility index (Phi) is 4.60. The van der Waals surface area contributed by atoms with Gasteiger partial charge in [0.25, 0.3) is 0 Å². The minimum Gasteiger partial charge on any atom is -0.472 e. The van der Waals surface area contributed by atoms with E-state index in [0.717, 1.165) is 5.56 Å². The molecule has 2 saturated carbocycles. The Morgan fingerprint density at radius 2 is 2.04 bits per heavy atom. The molecule has 0 bridgehead atoms. The van der Waals surface area contributed by atoms with E-state index in [1.807, 2.05) is 13.8 Å². The third-order valence-corrected chi connectivity index (χ3v) is 7.88. The molecule has 7 atom stereocenters. The maximum atomic E-state index is 13.3. The van der Waals surface area contributed by atoms with Crippen LogP contribution in [0.3, 0.4) is 0 Å². The van der Waals surface area contributed by atoms with Gasteiger partial charge >= 0.3 is 11.9 Å². The number of hydrogen-bond acceptors (Lipinski definition) is 6. The lowest BCUT2D eigenvalue weighted by atomic mass is 9.43. The van der Waals surface area contributed by atoms with Crippen molar-refractivity contribution in [1.82, 2.24) is 0 Å². The van der Waals surface area contributed by atoms with E-state index in [0.29, 0.717) is 19.3 Å². The first-order valence-electron chi connectivity index (χ1n) is 9.70. The summed E-state index contributed by atoms with van der Waals surface area (Å²) in [7, 11) is 1.36. The van der Waals surface area contributed by atoms with Gasteiger partial charge in [-0.05, 0) is 42.6 Å². The minimum atomic E-state index is -0.761. The van der Waals surface area contributed by atoms with Crippen molar-refractivity contribution in [2.75, 3.05) is 7.11 Å². The molecular formula is C21H25ClO6. The Balaban J connectivity index is 1.79. The number of rotatable bonds is 2. The van der Waals surface area contributed by atoms with Crippen LogP contribution in [0.15, 0.2) is 23.0 Å². The van der Waals surface area contributed by atoms with Crippen LogP contribution in [0.2, 0.25) is 0 Å². The molecule has 2 heterocycles. The first kappa shape index (κ1) is 19.5. The smallest absolute Gasteiger partial charge is 0.310 e. The molecule has 1 aliphatic heterocycles. The molecule has 0 amide bonds. The molecule has 28 heavy (non-hydrogen) atoms. The van der Waals surface area contributed by atoms with E-state index < -0.39 is 40.1 Å². The highest BCUT2D eigenvalue weighted by Crippen LogP contribution is 2.65. The average molecular weight is 409 g/mol. The summed E-state index contributed by atoms with van der Waals surface area (Å²) in [5.74, 6) is -2.07. The number of Topliss-reactive ketones (excluding diaryl/α,β-unsaturated/α-hetero) is 1. The Morgan fingerprint density at radius 1 is 1.29 bits per heavy atom. The van der Waals surface area contributed by atoms with Gasteiger partial charge in [-0.15, -0.1) is 11.6 Å². The van der Waals surface area contributed by atoms with Gasteiger partial charge in [-0.3, -0.25) is 14.4 Å². The molecule has 3 aliphatic rings. The van der Waals surface area contributed by atoms with Crippen molar-refractivity contribution in [1.29, 1.82) is 0 Å². The molecule has 1 aromatic heterocycles. The van der Waals surface area contributed by atoms with Gasteiger partial charge in [-0.2, -0.15) is 0 Å². The summed E-state index contributed by atoms with van der Waals surface area (Å²) in [5.41, 5.74) is -0.476. The predicted molar refractivity (Wildman–Crippen MR) is 99.4 cm³/mol. The highest BCUT2D eigenvalue weighted by molar-refractivity contribution is 6.32. The van der Waals surface area contributed by atoms with Crippen LogP contribution in [0.5, 0.6) is 0 Å². The van der Waals surface area contributed by atoms with Crippen molar-refractivity contribution in [3.8, 4) is 0 Å². The zero-order valence-corrected chi connectivity index (χ0v) is 17.0. The van der Waals surface area contributed by atoms with E-state index in [-0.39, 0.29) is 24.1 Å². The van der Waals surface area contributed by atoms with Crippen molar-refractivity contribution >= 4 is 29.3 Å². The Bertz CT molecular complexity index is 804. The zero-order chi connectivity index (χ0) is 20.3. The molecule has 7 heteroatoms. The number of fused-ring (bicyclic) bond motifs is 3. The largest absolute Gasteiger partial charge is 0.472 e. The third kappa shape index (κ3) is 2.64. The fourth-order valence-electron chi connectivity index (χ4n) is 6.14. The van der Waals surface area contributed by atoms with Gasteiger partial charge in [-0.25, -0.2) is 0 Å². The van der Waals surface area contributed by atoms with Gasteiger partial charge in [0.1, 0.15) is 6.10 Å². The van der Waals surface area contributed by atoms with Crippen molar-refractivity contribution in [2.45, 2.75) is 51.0 Å². The molecule has 0 radical (unpaired) electrons. The number of esters is 2. The highest BCUT2D eigenvalue weighted by Gasteiger charge is 2.67. The second kappa shape index (κ2) is 6.61. The fourth-order valence-corrected chi connectivity index (χ4v) is 6.45. The normalized spacial score (nSPS) is 42.9. The average Bonchev–Trinajstić information content (AvgIpc) is 3.18. The second-order valence-electron chi connectivity index (χ2n) is 8.90. The van der Waals surface area contributed by atoms with E-state index >= 15 is 0 Å². The van der Waals surface area contributed by atoms with Gasteiger partial charge in [0, 0.05) is 11.5 Å². The first-order chi connectivity index (χ1) is 13.2. The van der Waals surface area contributed by atoms with Gasteiger partial charge in [-0.1, -0.05) is 13.8 Å². The number of carbonyl (C=O) groups is 3. The van der Waals surface area contributed by atoms with Gasteiger partial charge in [0.2, 0.25) is 0 Å². The number of furan rings is 1. The van der Waals surface area contributed by atoms with Crippen LogP contribution in [0.1, 0.15) is 51.2 Å². The molecule has 3 fully saturated rings. The molecule has 0 unspecified atom stereocenters. The predicted octanol–water partition coefficient (Wildman–Crippen LogP) is 3.68. The lowest BCUT2D eigenvalue weighted by Crippen LogP contribution is -2.63. The zero-order valence-electron chi connectivity index (χ0n) is 16.3. The number of carbonyl (C=O) groups excluding carboxylic acids is 3. The maximum absolute atomic E-state index is 13.3. The Labute approximate surface area is 168 Å². The number of ether oxygens (including phenoxy) is 2. The van der Waals surface area contributed by atoms with Crippen LogP contribution in [-0.2, 0) is 23.9 Å². The molecule has 0 N–H and O–H groups in total. The molecule has 0 spiro atoms. The van der Waals surface area contributed by atoms with Crippen LogP contribution in [0.4, 0.5) is 0 Å². The van der Waals surface area contributed by atoms with Gasteiger partial charge < -0.3 is 13.9 Å². The SMILES string of the molecule is COC(=O)[C@@H]1C[C@@H](Cl)C(=O)[C@H]2[C@@]1(C)CC[C@H]1C(=O)O[C@H](c3ccoc3)C[C@]21C. The number of methoxy groups -OCH3 is 1. The maximum Gasteiger partial charge on any atom is 0.310 e. The summed E-state index contributed by atoms with van der Waals surface area (Å²) in [6.45, 7) is 3.96. The molecular weight excluding hydrogens is 384 g/mol. The van der Waals surface area contributed by atoms with E-state index in [1.165, 1.54) is 13.4 Å². The van der Waals surface area contributed by atoms with Crippen molar-refractivity contribution in [2.24, 2.45) is 28.6 Å². The van der Waals surface area contributed by atoms with Crippen molar-refractivity contribution in [3.63, 3.8) is 0 Å². The van der Waals surface area contributed by atoms with Crippen LogP contribution < -0.4 is 0 Å². The van der Waals surface area contributed by atoms with Crippen LogP contribution in [0, 0.1) is 28.6 Å². The van der Waals surface area contributed by atoms with Gasteiger partial charge in [0.15, 0.2) is 5.78 Å². The molecule has 1 aromatic rings. The summed E-state index contributed by atoms with van der Waals surface area (Å²) >= 11 is 6.42. The quantitative estimate of drug-likeness (QED) is 0.548. The second-order valence-corrected chi connectivity index (χ2v) is 9.43. The van der Waals surface area contributed by atoms with Crippen LogP contribution >= 0.6 is 11.6 Å². The van der Waals surface area contributed by atoms with E-state index in [1.54, 1.807) is 12.3 Å². The third-order valence-electron chi connectivity index (χ3n) is 7.49.